The van der Waals surface area contributed by atoms with Crippen molar-refractivity contribution in [3.05, 3.63) is 0 Å². The lowest BCUT2D eigenvalue weighted by molar-refractivity contribution is -0.163. The predicted octanol–water partition coefficient (Wildman–Crippen LogP) is 0.0803. The highest BCUT2D eigenvalue weighted by atomic mass is 32.2. The lowest BCUT2D eigenvalue weighted by Crippen LogP contribution is -2.54. The standard InChI is InChI=1S/C17H24N2O9S/c1-8(20)26-4-3-18-17-19-15-11(6-14(24)25)10(5-13(22)23)12(7-27-9(2)21)28-16(15)29-17/h10-12,15-16H,3-7H2,1-2H3,(H,18,19)(H,22,23)(H,24,25)/t10-,11+,12-,15+,16+/m0/s1. The number of hydrogen-bond acceptors (Lipinski definition) is 9. The highest BCUT2D eigenvalue weighted by Crippen LogP contribution is 2.42. The number of hydrogen-bond donors (Lipinski definition) is 3. The Morgan fingerprint density at radius 1 is 1.07 bits per heavy atom. The molecule has 0 saturated carbocycles. The van der Waals surface area contributed by atoms with Gasteiger partial charge in [0.15, 0.2) is 5.17 Å². The number of carbonyl (C=O) groups is 4. The van der Waals surface area contributed by atoms with Crippen LogP contribution in [0.1, 0.15) is 26.7 Å². The smallest absolute Gasteiger partial charge is 0.303 e. The van der Waals surface area contributed by atoms with Crippen molar-refractivity contribution in [2.45, 2.75) is 44.3 Å². The van der Waals surface area contributed by atoms with Gasteiger partial charge in [0.25, 0.3) is 0 Å². The zero-order chi connectivity index (χ0) is 21.6. The molecule has 3 N–H and O–H groups in total. The molecule has 2 aliphatic rings. The molecule has 2 saturated heterocycles. The van der Waals surface area contributed by atoms with E-state index in [9.17, 15) is 29.4 Å². The molecule has 0 bridgehead atoms. The van der Waals surface area contributed by atoms with Gasteiger partial charge >= 0.3 is 23.9 Å². The van der Waals surface area contributed by atoms with Crippen molar-refractivity contribution in [3.8, 4) is 0 Å². The first kappa shape index (κ1) is 22.9. The minimum Gasteiger partial charge on any atom is -0.481 e. The molecular formula is C17H24N2O9S. The normalized spacial score (nSPS) is 29.6. The SMILES string of the molecule is CC(=O)OCCN=C1N[C@@H]2[C@H](CC(=O)O)[C@H](CC(=O)O)[C@H](COC(C)=O)O[C@@H]2S1. The second kappa shape index (κ2) is 10.4. The number of nitrogens with zero attached hydrogens (tertiary/aromatic N) is 1. The molecule has 0 aromatic carbocycles. The summed E-state index contributed by atoms with van der Waals surface area (Å²) in [7, 11) is 0. The third-order valence-electron chi connectivity index (χ3n) is 4.53. The summed E-state index contributed by atoms with van der Waals surface area (Å²) in [5.74, 6) is -4.36. The zero-order valence-corrected chi connectivity index (χ0v) is 16.8. The Balaban J connectivity index is 2.18. The molecule has 0 unspecified atom stereocenters. The molecule has 0 aromatic heterocycles. The van der Waals surface area contributed by atoms with E-state index in [-0.39, 0.29) is 32.6 Å². The molecule has 0 aromatic rings. The maximum Gasteiger partial charge on any atom is 0.303 e. The monoisotopic (exact) mass is 432 g/mol. The van der Waals surface area contributed by atoms with Crippen LogP contribution in [0.4, 0.5) is 0 Å². The number of amidine groups is 1. The summed E-state index contributed by atoms with van der Waals surface area (Å²) in [6.45, 7) is 2.68. The molecule has 29 heavy (non-hydrogen) atoms. The maximum absolute atomic E-state index is 11.4. The van der Waals surface area contributed by atoms with Crippen LogP contribution in [0, 0.1) is 11.8 Å². The molecule has 2 fully saturated rings. The molecule has 5 atom stereocenters. The number of aliphatic imine (C=N–C) groups is 1. The number of esters is 2. The molecule has 12 heteroatoms. The van der Waals surface area contributed by atoms with E-state index in [1.165, 1.54) is 25.6 Å². The Morgan fingerprint density at radius 2 is 1.69 bits per heavy atom. The van der Waals surface area contributed by atoms with Gasteiger partial charge in [-0.25, -0.2) is 0 Å². The van der Waals surface area contributed by atoms with Crippen molar-refractivity contribution < 1.29 is 43.6 Å². The second-order valence-corrected chi connectivity index (χ2v) is 7.77. The highest BCUT2D eigenvalue weighted by molar-refractivity contribution is 8.14. The van der Waals surface area contributed by atoms with Gasteiger partial charge in [0, 0.05) is 19.8 Å². The van der Waals surface area contributed by atoms with Crippen molar-refractivity contribution >= 4 is 40.8 Å². The molecule has 2 heterocycles. The van der Waals surface area contributed by atoms with Crippen LogP contribution in [-0.4, -0.2) is 76.6 Å². The van der Waals surface area contributed by atoms with Crippen LogP contribution in [0.2, 0.25) is 0 Å². The van der Waals surface area contributed by atoms with Crippen LogP contribution in [-0.2, 0) is 33.4 Å². The number of carbonyl (C=O) groups excluding carboxylic acids is 2. The summed E-state index contributed by atoms with van der Waals surface area (Å²) in [5.41, 5.74) is -0.516. The molecule has 2 aliphatic heterocycles. The molecule has 2 rings (SSSR count). The lowest BCUT2D eigenvalue weighted by Gasteiger charge is -2.42. The van der Waals surface area contributed by atoms with Crippen LogP contribution in [0.15, 0.2) is 4.99 Å². The number of thioether (sulfide) groups is 1. The van der Waals surface area contributed by atoms with E-state index in [4.69, 9.17) is 14.2 Å². The molecule has 0 amide bonds. The Bertz CT molecular complexity index is 684. The average Bonchev–Trinajstić information content (AvgIpc) is 3.01. The summed E-state index contributed by atoms with van der Waals surface area (Å²) in [5, 5.41) is 22.2. The van der Waals surface area contributed by atoms with Gasteiger partial charge in [0.05, 0.1) is 31.5 Å². The average molecular weight is 432 g/mol. The third-order valence-corrected chi connectivity index (χ3v) is 5.64. The number of carboxylic acid groups (broad SMARTS) is 2. The van der Waals surface area contributed by atoms with E-state index in [0.29, 0.717) is 5.17 Å². The van der Waals surface area contributed by atoms with Crippen LogP contribution >= 0.6 is 11.8 Å². The lowest BCUT2D eigenvalue weighted by atomic mass is 9.76. The number of rotatable bonds is 9. The van der Waals surface area contributed by atoms with E-state index in [2.05, 4.69) is 10.3 Å². The first-order valence-electron chi connectivity index (χ1n) is 9.00. The van der Waals surface area contributed by atoms with Crippen molar-refractivity contribution in [1.82, 2.24) is 5.32 Å². The number of aliphatic carboxylic acids is 2. The summed E-state index contributed by atoms with van der Waals surface area (Å²) in [4.78, 5) is 49.1. The first-order valence-corrected chi connectivity index (χ1v) is 9.88. The van der Waals surface area contributed by atoms with Crippen LogP contribution < -0.4 is 5.32 Å². The summed E-state index contributed by atoms with van der Waals surface area (Å²) < 4.78 is 15.8. The van der Waals surface area contributed by atoms with E-state index in [1.807, 2.05) is 0 Å². The minimum absolute atomic E-state index is 0.104. The fourth-order valence-electron chi connectivity index (χ4n) is 3.41. The van der Waals surface area contributed by atoms with Crippen LogP contribution in [0.5, 0.6) is 0 Å². The summed E-state index contributed by atoms with van der Waals surface area (Å²) in [6, 6.07) is -0.471. The zero-order valence-electron chi connectivity index (χ0n) is 16.0. The van der Waals surface area contributed by atoms with E-state index in [0.717, 1.165) is 0 Å². The molecule has 0 radical (unpaired) electrons. The van der Waals surface area contributed by atoms with Crippen LogP contribution in [0.25, 0.3) is 0 Å². The van der Waals surface area contributed by atoms with E-state index >= 15 is 0 Å². The third kappa shape index (κ3) is 6.89. The summed E-state index contributed by atoms with van der Waals surface area (Å²) in [6.07, 6.45) is -1.35. The molecule has 0 aliphatic carbocycles. The van der Waals surface area contributed by atoms with E-state index < -0.39 is 53.3 Å². The van der Waals surface area contributed by atoms with Crippen molar-refractivity contribution in [2.75, 3.05) is 19.8 Å². The van der Waals surface area contributed by atoms with Crippen molar-refractivity contribution in [1.29, 1.82) is 0 Å². The number of nitrogens with one attached hydrogen (secondary N) is 1. The van der Waals surface area contributed by atoms with Gasteiger partial charge in [-0.05, 0) is 5.92 Å². The van der Waals surface area contributed by atoms with Gasteiger partial charge in [-0.3, -0.25) is 24.2 Å². The van der Waals surface area contributed by atoms with Gasteiger partial charge in [-0.1, -0.05) is 11.8 Å². The highest BCUT2D eigenvalue weighted by Gasteiger charge is 2.51. The fourth-order valence-corrected chi connectivity index (χ4v) is 4.62. The number of ether oxygens (including phenoxy) is 3. The van der Waals surface area contributed by atoms with Crippen LogP contribution in [0.3, 0.4) is 0 Å². The molecular weight excluding hydrogens is 408 g/mol. The number of carboxylic acids is 2. The van der Waals surface area contributed by atoms with E-state index in [1.54, 1.807) is 0 Å². The fraction of sp³-hybridized carbons (Fsp3) is 0.706. The minimum atomic E-state index is -1.10. The van der Waals surface area contributed by atoms with Gasteiger partial charge in [-0.2, -0.15) is 0 Å². The van der Waals surface area contributed by atoms with Gasteiger partial charge in [0.1, 0.15) is 18.6 Å². The molecule has 11 nitrogen and oxygen atoms in total. The molecule has 0 spiro atoms. The predicted molar refractivity (Wildman–Crippen MR) is 100 cm³/mol. The topological polar surface area (TPSA) is 161 Å². The van der Waals surface area contributed by atoms with Gasteiger partial charge < -0.3 is 29.7 Å². The van der Waals surface area contributed by atoms with Gasteiger partial charge in [-0.15, -0.1) is 0 Å². The largest absolute Gasteiger partial charge is 0.481 e. The quantitative estimate of drug-likeness (QED) is 0.334. The Kier molecular flexibility index (Phi) is 8.26. The Labute approximate surface area is 171 Å². The maximum atomic E-state index is 11.4. The van der Waals surface area contributed by atoms with Crippen molar-refractivity contribution in [2.24, 2.45) is 16.8 Å². The molecule has 162 valence electrons. The van der Waals surface area contributed by atoms with Gasteiger partial charge in [0.2, 0.25) is 0 Å². The Hall–Kier alpha value is -2.34. The number of fused-ring (bicyclic) bond motifs is 1. The van der Waals surface area contributed by atoms with Crippen molar-refractivity contribution in [3.63, 3.8) is 0 Å². The Morgan fingerprint density at radius 3 is 2.28 bits per heavy atom. The summed E-state index contributed by atoms with van der Waals surface area (Å²) >= 11 is 1.24. The second-order valence-electron chi connectivity index (χ2n) is 6.68. The first-order chi connectivity index (χ1) is 13.7.